The van der Waals surface area contributed by atoms with Crippen molar-refractivity contribution in [3.05, 3.63) is 62.8 Å². The minimum absolute atomic E-state index is 0.0863. The van der Waals surface area contributed by atoms with Crippen LogP contribution in [-0.4, -0.2) is 20.1 Å². The van der Waals surface area contributed by atoms with Crippen molar-refractivity contribution in [2.75, 3.05) is 5.32 Å². The molecule has 0 spiro atoms. The van der Waals surface area contributed by atoms with Gasteiger partial charge in [0.15, 0.2) is 5.58 Å². The number of rotatable bonds is 6. The summed E-state index contributed by atoms with van der Waals surface area (Å²) in [4.78, 5) is 25.1. The molecule has 1 aromatic carbocycles. The fraction of sp³-hybridized carbons (Fsp3) is 0.286. The summed E-state index contributed by atoms with van der Waals surface area (Å²) in [7, 11) is 0. The van der Waals surface area contributed by atoms with Crippen LogP contribution in [0.25, 0.3) is 16.6 Å². The zero-order chi connectivity index (χ0) is 20.5. The third-order valence-corrected chi connectivity index (χ3v) is 5.79. The quantitative estimate of drug-likeness (QED) is 0.468. The van der Waals surface area contributed by atoms with Crippen LogP contribution >= 0.6 is 15.9 Å². The highest BCUT2D eigenvalue weighted by Gasteiger charge is 2.15. The number of aromatic nitrogens is 3. The number of nitrogens with one attached hydrogen (secondary N) is 1. The molecule has 0 atom stereocenters. The van der Waals surface area contributed by atoms with Crippen molar-refractivity contribution in [2.45, 2.75) is 39.7 Å². The van der Waals surface area contributed by atoms with Gasteiger partial charge in [0.05, 0.1) is 11.8 Å². The standard InChI is InChI=1S/C21H21BrN4O3/c1-3-19-24-25(21(28)17-12-18-16(26(17)19)8-10-29-18)9-4-5-20(27)23-14-6-7-15(22)13(2)11-14/h6-8,10-12H,3-5,9H2,1-2H3,(H,23,27). The van der Waals surface area contributed by atoms with Crippen LogP contribution in [0.5, 0.6) is 0 Å². The second-order valence-electron chi connectivity index (χ2n) is 6.95. The number of hydrogen-bond acceptors (Lipinski definition) is 4. The van der Waals surface area contributed by atoms with Crippen LogP contribution in [0.3, 0.4) is 0 Å². The fourth-order valence-electron chi connectivity index (χ4n) is 3.44. The molecular formula is C21H21BrN4O3. The molecule has 0 fully saturated rings. The highest BCUT2D eigenvalue weighted by atomic mass is 79.9. The molecule has 29 heavy (non-hydrogen) atoms. The molecule has 4 rings (SSSR count). The number of nitrogens with zero attached hydrogens (tertiary/aromatic N) is 3. The molecule has 4 aromatic rings. The Morgan fingerprint density at radius 1 is 1.24 bits per heavy atom. The van der Waals surface area contributed by atoms with E-state index in [-0.39, 0.29) is 11.5 Å². The van der Waals surface area contributed by atoms with Crippen LogP contribution in [0.1, 0.15) is 31.2 Å². The van der Waals surface area contributed by atoms with E-state index in [0.717, 1.165) is 27.1 Å². The molecule has 0 aliphatic heterocycles. The minimum Gasteiger partial charge on any atom is -0.463 e. The van der Waals surface area contributed by atoms with Crippen LogP contribution in [0.4, 0.5) is 5.69 Å². The van der Waals surface area contributed by atoms with E-state index in [1.807, 2.05) is 42.5 Å². The molecule has 0 unspecified atom stereocenters. The number of carbonyl (C=O) groups excluding carboxylic acids is 1. The Hall–Kier alpha value is -2.87. The Bertz CT molecular complexity index is 1270. The van der Waals surface area contributed by atoms with E-state index in [1.54, 1.807) is 12.3 Å². The van der Waals surface area contributed by atoms with Gasteiger partial charge in [-0.25, -0.2) is 4.68 Å². The maximum Gasteiger partial charge on any atom is 0.291 e. The van der Waals surface area contributed by atoms with Crippen LogP contribution < -0.4 is 10.9 Å². The van der Waals surface area contributed by atoms with Gasteiger partial charge in [-0.05, 0) is 37.1 Å². The number of amides is 1. The Morgan fingerprint density at radius 3 is 2.83 bits per heavy atom. The molecule has 0 saturated carbocycles. The van der Waals surface area contributed by atoms with E-state index in [2.05, 4.69) is 26.3 Å². The minimum atomic E-state index is -0.183. The van der Waals surface area contributed by atoms with Gasteiger partial charge < -0.3 is 9.73 Å². The second kappa shape index (κ2) is 7.87. The molecule has 0 bridgehead atoms. The lowest BCUT2D eigenvalue weighted by atomic mass is 10.2. The number of halogens is 1. The van der Waals surface area contributed by atoms with Gasteiger partial charge in [-0.1, -0.05) is 22.9 Å². The largest absolute Gasteiger partial charge is 0.463 e. The maximum absolute atomic E-state index is 12.8. The molecule has 0 radical (unpaired) electrons. The number of benzene rings is 1. The molecule has 0 saturated heterocycles. The summed E-state index contributed by atoms with van der Waals surface area (Å²) >= 11 is 3.45. The van der Waals surface area contributed by atoms with Gasteiger partial charge in [-0.2, -0.15) is 5.10 Å². The van der Waals surface area contributed by atoms with E-state index < -0.39 is 0 Å². The average molecular weight is 457 g/mol. The van der Waals surface area contributed by atoms with Gasteiger partial charge >= 0.3 is 0 Å². The molecule has 0 aliphatic carbocycles. The lowest BCUT2D eigenvalue weighted by Gasteiger charge is -2.10. The molecule has 1 amide bonds. The van der Waals surface area contributed by atoms with Gasteiger partial charge in [0, 0.05) is 41.7 Å². The Morgan fingerprint density at radius 2 is 2.07 bits per heavy atom. The highest BCUT2D eigenvalue weighted by molar-refractivity contribution is 9.10. The number of fused-ring (bicyclic) bond motifs is 3. The first-order valence-electron chi connectivity index (χ1n) is 9.52. The monoisotopic (exact) mass is 456 g/mol. The Labute approximate surface area is 175 Å². The van der Waals surface area contributed by atoms with Gasteiger partial charge in [-0.15, -0.1) is 0 Å². The highest BCUT2D eigenvalue weighted by Crippen LogP contribution is 2.21. The van der Waals surface area contributed by atoms with Gasteiger partial charge in [0.25, 0.3) is 5.56 Å². The summed E-state index contributed by atoms with van der Waals surface area (Å²) in [6.07, 6.45) is 3.10. The van der Waals surface area contributed by atoms with Gasteiger partial charge in [0.2, 0.25) is 5.91 Å². The second-order valence-corrected chi connectivity index (χ2v) is 7.80. The van der Waals surface area contributed by atoms with Gasteiger partial charge in [-0.3, -0.25) is 14.0 Å². The van der Waals surface area contributed by atoms with E-state index >= 15 is 0 Å². The smallest absolute Gasteiger partial charge is 0.291 e. The van der Waals surface area contributed by atoms with Crippen molar-refractivity contribution in [1.82, 2.24) is 14.2 Å². The van der Waals surface area contributed by atoms with Crippen molar-refractivity contribution in [3.8, 4) is 0 Å². The van der Waals surface area contributed by atoms with E-state index in [1.165, 1.54) is 4.68 Å². The van der Waals surface area contributed by atoms with Crippen molar-refractivity contribution in [2.24, 2.45) is 0 Å². The topological polar surface area (TPSA) is 81.5 Å². The number of anilines is 1. The normalized spacial score (nSPS) is 11.4. The maximum atomic E-state index is 12.8. The lowest BCUT2D eigenvalue weighted by molar-refractivity contribution is -0.116. The van der Waals surface area contributed by atoms with Gasteiger partial charge in [0.1, 0.15) is 11.3 Å². The third-order valence-electron chi connectivity index (χ3n) is 4.90. The first-order chi connectivity index (χ1) is 14.0. The van der Waals surface area contributed by atoms with Crippen LogP contribution in [0.15, 0.2) is 50.3 Å². The summed E-state index contributed by atoms with van der Waals surface area (Å²) in [5.74, 6) is 0.697. The van der Waals surface area contributed by atoms with Crippen LogP contribution in [-0.2, 0) is 17.8 Å². The van der Waals surface area contributed by atoms with Crippen molar-refractivity contribution in [3.63, 3.8) is 0 Å². The Balaban J connectivity index is 1.48. The summed E-state index contributed by atoms with van der Waals surface area (Å²) < 4.78 is 9.73. The Kier molecular flexibility index (Phi) is 5.27. The molecular weight excluding hydrogens is 436 g/mol. The zero-order valence-electron chi connectivity index (χ0n) is 16.2. The summed E-state index contributed by atoms with van der Waals surface area (Å²) in [5, 5.41) is 7.40. The fourth-order valence-corrected chi connectivity index (χ4v) is 3.68. The molecule has 3 aromatic heterocycles. The zero-order valence-corrected chi connectivity index (χ0v) is 17.8. The first-order valence-corrected chi connectivity index (χ1v) is 10.3. The molecule has 1 N–H and O–H groups in total. The summed E-state index contributed by atoms with van der Waals surface area (Å²) in [5.41, 5.74) is 3.69. The predicted octanol–water partition coefficient (Wildman–Crippen LogP) is 4.29. The SMILES string of the molecule is CCc1nn(CCCC(=O)Nc2ccc(Br)c(C)c2)c(=O)c2cc3occc3n12. The van der Waals surface area contributed by atoms with Crippen LogP contribution in [0.2, 0.25) is 0 Å². The van der Waals surface area contributed by atoms with Crippen LogP contribution in [0, 0.1) is 6.92 Å². The predicted molar refractivity (Wildman–Crippen MR) is 115 cm³/mol. The van der Waals surface area contributed by atoms with Crippen molar-refractivity contribution < 1.29 is 9.21 Å². The summed E-state index contributed by atoms with van der Waals surface area (Å²) in [6, 6.07) is 9.26. The van der Waals surface area contributed by atoms with Crippen molar-refractivity contribution in [1.29, 1.82) is 0 Å². The van der Waals surface area contributed by atoms with E-state index in [4.69, 9.17) is 4.42 Å². The number of aryl methyl sites for hydroxylation is 3. The average Bonchev–Trinajstić information content (AvgIpc) is 3.28. The molecule has 7 nitrogen and oxygen atoms in total. The molecule has 3 heterocycles. The van der Waals surface area contributed by atoms with Crippen molar-refractivity contribution >= 4 is 44.1 Å². The number of furan rings is 1. The number of carbonyl (C=O) groups is 1. The molecule has 8 heteroatoms. The first kappa shape index (κ1) is 19.4. The lowest BCUT2D eigenvalue weighted by Crippen LogP contribution is -2.27. The summed E-state index contributed by atoms with van der Waals surface area (Å²) in [6.45, 7) is 4.34. The van der Waals surface area contributed by atoms with E-state index in [0.29, 0.717) is 36.9 Å². The third kappa shape index (κ3) is 3.72. The van der Waals surface area contributed by atoms with E-state index in [9.17, 15) is 9.59 Å². The molecule has 0 aliphatic rings. The molecule has 150 valence electrons. The number of hydrogen-bond donors (Lipinski definition) is 1.